The van der Waals surface area contributed by atoms with Crippen molar-refractivity contribution < 1.29 is 13.2 Å². The quantitative estimate of drug-likeness (QED) is 0.875. The van der Waals surface area contributed by atoms with E-state index in [1.54, 1.807) is 6.07 Å². The molecular formula is C11H14N2O3S. The van der Waals surface area contributed by atoms with Crippen LogP contribution < -0.4 is 5.32 Å². The number of carbonyl (C=O) groups is 1. The second-order valence-electron chi connectivity index (χ2n) is 4.47. The van der Waals surface area contributed by atoms with Crippen LogP contribution in [-0.2, 0) is 14.6 Å². The van der Waals surface area contributed by atoms with Crippen LogP contribution in [0.4, 0.5) is 5.69 Å². The van der Waals surface area contributed by atoms with E-state index in [2.05, 4.69) is 10.3 Å². The summed E-state index contributed by atoms with van der Waals surface area (Å²) in [7, 11) is -3.28. The fourth-order valence-electron chi connectivity index (χ4n) is 1.60. The zero-order chi connectivity index (χ0) is 12.6. The third kappa shape index (κ3) is 2.82. The lowest BCUT2D eigenvalue weighted by Gasteiger charge is -2.04. The first-order valence-electron chi connectivity index (χ1n) is 5.35. The van der Waals surface area contributed by atoms with E-state index in [-0.39, 0.29) is 16.9 Å². The van der Waals surface area contributed by atoms with Gasteiger partial charge in [-0.3, -0.25) is 4.79 Å². The van der Waals surface area contributed by atoms with Gasteiger partial charge in [0.05, 0.1) is 11.9 Å². The molecular weight excluding hydrogens is 240 g/mol. The summed E-state index contributed by atoms with van der Waals surface area (Å²) in [6, 6.07) is 2.94. The largest absolute Gasteiger partial charge is 0.324 e. The molecule has 1 aromatic rings. The number of nitrogens with zero attached hydrogens (tertiary/aromatic N) is 1. The first-order valence-corrected chi connectivity index (χ1v) is 7.24. The van der Waals surface area contributed by atoms with Gasteiger partial charge in [0.25, 0.3) is 0 Å². The zero-order valence-electron chi connectivity index (χ0n) is 9.67. The molecule has 2 rings (SSSR count). The fourth-order valence-corrected chi connectivity index (χ4v) is 2.16. The summed E-state index contributed by atoms with van der Waals surface area (Å²) >= 11 is 0. The summed E-state index contributed by atoms with van der Waals surface area (Å²) in [6.07, 6.45) is 3.38. The molecule has 0 spiro atoms. The maximum Gasteiger partial charge on any atom is 0.227 e. The Morgan fingerprint density at radius 1 is 1.47 bits per heavy atom. The SMILES string of the molecule is CC1CC1C(=O)Nc1ccc(S(C)(=O)=O)nc1. The number of anilines is 1. The molecule has 0 aliphatic heterocycles. The minimum atomic E-state index is -3.28. The highest BCUT2D eigenvalue weighted by atomic mass is 32.2. The van der Waals surface area contributed by atoms with E-state index in [1.165, 1.54) is 12.3 Å². The monoisotopic (exact) mass is 254 g/mol. The van der Waals surface area contributed by atoms with Gasteiger partial charge in [-0.05, 0) is 24.5 Å². The third-order valence-corrected chi connectivity index (χ3v) is 3.83. The van der Waals surface area contributed by atoms with Crippen LogP contribution in [0.25, 0.3) is 0 Å². The first-order chi connectivity index (χ1) is 7.88. The van der Waals surface area contributed by atoms with E-state index < -0.39 is 9.84 Å². The van der Waals surface area contributed by atoms with Crippen LogP contribution in [0.5, 0.6) is 0 Å². The maximum atomic E-state index is 11.6. The lowest BCUT2D eigenvalue weighted by atomic mass is 10.3. The number of rotatable bonds is 3. The van der Waals surface area contributed by atoms with E-state index >= 15 is 0 Å². The van der Waals surface area contributed by atoms with Gasteiger partial charge in [-0.15, -0.1) is 0 Å². The number of hydrogen-bond acceptors (Lipinski definition) is 4. The highest BCUT2D eigenvalue weighted by Gasteiger charge is 2.39. The standard InChI is InChI=1S/C11H14N2O3S/c1-7-5-9(7)11(14)13-8-3-4-10(12-6-8)17(2,15)16/h3-4,6-7,9H,5H2,1-2H3,(H,13,14). The van der Waals surface area contributed by atoms with E-state index in [0.29, 0.717) is 11.6 Å². The van der Waals surface area contributed by atoms with Crippen molar-refractivity contribution in [3.63, 3.8) is 0 Å². The summed E-state index contributed by atoms with van der Waals surface area (Å²) < 4.78 is 22.4. The van der Waals surface area contributed by atoms with Gasteiger partial charge in [0.15, 0.2) is 14.9 Å². The highest BCUT2D eigenvalue weighted by molar-refractivity contribution is 7.90. The van der Waals surface area contributed by atoms with Crippen molar-refractivity contribution in [1.82, 2.24) is 4.98 Å². The molecule has 2 unspecified atom stereocenters. The molecule has 2 atom stereocenters. The molecule has 0 saturated heterocycles. The number of nitrogens with one attached hydrogen (secondary N) is 1. The molecule has 1 heterocycles. The number of hydrogen-bond donors (Lipinski definition) is 1. The lowest BCUT2D eigenvalue weighted by molar-refractivity contribution is -0.117. The van der Waals surface area contributed by atoms with Gasteiger partial charge in [0, 0.05) is 12.2 Å². The number of aromatic nitrogens is 1. The Hall–Kier alpha value is -1.43. The van der Waals surface area contributed by atoms with Crippen molar-refractivity contribution in [3.05, 3.63) is 18.3 Å². The molecule has 1 amide bonds. The fraction of sp³-hybridized carbons (Fsp3) is 0.455. The number of carbonyl (C=O) groups excluding carboxylic acids is 1. The molecule has 1 aliphatic rings. The predicted molar refractivity (Wildman–Crippen MR) is 63.2 cm³/mol. The van der Waals surface area contributed by atoms with Crippen LogP contribution in [0.15, 0.2) is 23.4 Å². The molecule has 17 heavy (non-hydrogen) atoms. The molecule has 5 nitrogen and oxygen atoms in total. The van der Waals surface area contributed by atoms with Gasteiger partial charge in [0.2, 0.25) is 5.91 Å². The summed E-state index contributed by atoms with van der Waals surface area (Å²) in [5, 5.41) is 2.73. The predicted octanol–water partition coefficient (Wildman–Crippen LogP) is 1.08. The van der Waals surface area contributed by atoms with Crippen molar-refractivity contribution in [1.29, 1.82) is 0 Å². The Kier molecular flexibility index (Phi) is 2.91. The molecule has 0 bridgehead atoms. The van der Waals surface area contributed by atoms with Crippen LogP contribution in [0.2, 0.25) is 0 Å². The molecule has 1 N–H and O–H groups in total. The molecule has 1 saturated carbocycles. The minimum Gasteiger partial charge on any atom is -0.324 e. The second-order valence-corrected chi connectivity index (χ2v) is 6.43. The normalized spacial score (nSPS) is 23.2. The summed E-state index contributed by atoms with van der Waals surface area (Å²) in [5.74, 6) is 0.509. The topological polar surface area (TPSA) is 76.1 Å². The Morgan fingerprint density at radius 3 is 2.53 bits per heavy atom. The van der Waals surface area contributed by atoms with Crippen LogP contribution in [0, 0.1) is 11.8 Å². The third-order valence-electron chi connectivity index (χ3n) is 2.83. The average molecular weight is 254 g/mol. The van der Waals surface area contributed by atoms with Gasteiger partial charge in [-0.25, -0.2) is 13.4 Å². The molecule has 6 heteroatoms. The number of sulfone groups is 1. The molecule has 92 valence electrons. The van der Waals surface area contributed by atoms with Gasteiger partial charge in [-0.1, -0.05) is 6.92 Å². The zero-order valence-corrected chi connectivity index (χ0v) is 10.5. The van der Waals surface area contributed by atoms with Crippen molar-refractivity contribution in [2.45, 2.75) is 18.4 Å². The van der Waals surface area contributed by atoms with Crippen LogP contribution in [-0.4, -0.2) is 25.6 Å². The van der Waals surface area contributed by atoms with E-state index in [1.807, 2.05) is 6.92 Å². The van der Waals surface area contributed by atoms with Gasteiger partial charge in [0.1, 0.15) is 0 Å². The van der Waals surface area contributed by atoms with Gasteiger partial charge >= 0.3 is 0 Å². The van der Waals surface area contributed by atoms with Crippen molar-refractivity contribution in [3.8, 4) is 0 Å². The summed E-state index contributed by atoms with van der Waals surface area (Å²) in [4.78, 5) is 15.4. The van der Waals surface area contributed by atoms with E-state index in [0.717, 1.165) is 12.7 Å². The van der Waals surface area contributed by atoms with E-state index in [9.17, 15) is 13.2 Å². The van der Waals surface area contributed by atoms with Crippen molar-refractivity contribution in [2.75, 3.05) is 11.6 Å². The summed E-state index contributed by atoms with van der Waals surface area (Å²) in [6.45, 7) is 2.02. The van der Waals surface area contributed by atoms with Crippen LogP contribution in [0.3, 0.4) is 0 Å². The summed E-state index contributed by atoms with van der Waals surface area (Å²) in [5.41, 5.74) is 0.529. The molecule has 0 aromatic carbocycles. The Morgan fingerprint density at radius 2 is 2.12 bits per heavy atom. The van der Waals surface area contributed by atoms with Gasteiger partial charge in [-0.2, -0.15) is 0 Å². The van der Waals surface area contributed by atoms with Crippen molar-refractivity contribution >= 4 is 21.4 Å². The Labute approximate surface area is 100 Å². The van der Waals surface area contributed by atoms with Crippen molar-refractivity contribution in [2.24, 2.45) is 11.8 Å². The Bertz CT molecular complexity index is 536. The van der Waals surface area contributed by atoms with Gasteiger partial charge < -0.3 is 5.32 Å². The molecule has 1 fully saturated rings. The highest BCUT2D eigenvalue weighted by Crippen LogP contribution is 2.38. The average Bonchev–Trinajstić information content (AvgIpc) is 2.95. The van der Waals surface area contributed by atoms with Crippen LogP contribution >= 0.6 is 0 Å². The van der Waals surface area contributed by atoms with Crippen LogP contribution in [0.1, 0.15) is 13.3 Å². The second kappa shape index (κ2) is 4.10. The first kappa shape index (κ1) is 12.0. The lowest BCUT2D eigenvalue weighted by Crippen LogP contribution is -2.14. The maximum absolute atomic E-state index is 11.6. The number of pyridine rings is 1. The minimum absolute atomic E-state index is 0.00953. The van der Waals surface area contributed by atoms with E-state index in [4.69, 9.17) is 0 Å². The number of amides is 1. The Balaban J connectivity index is 2.06. The smallest absolute Gasteiger partial charge is 0.227 e. The molecule has 0 radical (unpaired) electrons. The molecule has 1 aromatic heterocycles. The molecule has 1 aliphatic carbocycles.